The molecule has 0 aliphatic heterocycles. The van der Waals surface area contributed by atoms with Crippen molar-refractivity contribution in [3.05, 3.63) is 0 Å². The van der Waals surface area contributed by atoms with E-state index in [0.717, 1.165) is 0 Å². The Hall–Kier alpha value is -0.120. The predicted octanol–water partition coefficient (Wildman–Crippen LogP) is 0.237. The van der Waals surface area contributed by atoms with Gasteiger partial charge in [-0.25, -0.2) is 5.73 Å². The highest BCUT2D eigenvalue weighted by molar-refractivity contribution is 4.05. The summed E-state index contributed by atoms with van der Waals surface area (Å²) >= 11 is 0. The van der Waals surface area contributed by atoms with Crippen LogP contribution in [0.15, 0.2) is 0 Å². The number of ether oxygens (including phenoxy) is 2. The fourth-order valence-electron chi connectivity index (χ4n) is 0.184. The van der Waals surface area contributed by atoms with E-state index in [0.29, 0.717) is 6.61 Å². The fourth-order valence-corrected chi connectivity index (χ4v) is 0.184. The summed E-state index contributed by atoms with van der Waals surface area (Å²) in [5.41, 5.74) is 6.48. The van der Waals surface area contributed by atoms with Crippen molar-refractivity contribution in [3.8, 4) is 0 Å². The molecule has 0 aromatic rings. The van der Waals surface area contributed by atoms with Crippen molar-refractivity contribution < 1.29 is 9.47 Å². The average Bonchev–Trinajstić information content (AvgIpc) is 1.69. The Kier molecular flexibility index (Phi) is 5.78. The molecule has 3 heteroatoms. The molecule has 0 amide bonds. The molecule has 0 spiro atoms. The van der Waals surface area contributed by atoms with E-state index in [2.05, 4.69) is 4.74 Å². The van der Waals surface area contributed by atoms with Crippen molar-refractivity contribution in [2.75, 3.05) is 20.1 Å². The van der Waals surface area contributed by atoms with Crippen molar-refractivity contribution in [3.63, 3.8) is 0 Å². The Morgan fingerprint density at radius 3 is 2.57 bits per heavy atom. The highest BCUT2D eigenvalue weighted by Crippen LogP contribution is 1.72. The molecule has 0 heterocycles. The van der Waals surface area contributed by atoms with Gasteiger partial charge in [-0.3, -0.25) is 0 Å². The van der Waals surface area contributed by atoms with E-state index in [1.807, 2.05) is 6.92 Å². The first kappa shape index (κ1) is 6.88. The predicted molar refractivity (Wildman–Crippen MR) is 25.5 cm³/mol. The van der Waals surface area contributed by atoms with Gasteiger partial charge in [-0.15, -0.1) is 0 Å². The maximum atomic E-state index is 6.48. The van der Waals surface area contributed by atoms with Gasteiger partial charge < -0.3 is 9.47 Å². The minimum absolute atomic E-state index is 0.0139. The van der Waals surface area contributed by atoms with E-state index in [9.17, 15) is 0 Å². The van der Waals surface area contributed by atoms with Crippen LogP contribution in [-0.2, 0) is 9.47 Å². The first-order chi connectivity index (χ1) is 3.41. The standard InChI is InChI=1S/C4H10NO2/c1-2-6-4-7-3-5/h5H,2-4H2,1H3. The van der Waals surface area contributed by atoms with Gasteiger partial charge in [0.1, 0.15) is 13.5 Å². The van der Waals surface area contributed by atoms with Gasteiger partial charge in [0.2, 0.25) is 0 Å². The van der Waals surface area contributed by atoms with Gasteiger partial charge in [0.05, 0.1) is 0 Å². The van der Waals surface area contributed by atoms with Crippen LogP contribution < -0.4 is 5.73 Å². The smallest absolute Gasteiger partial charge is 0.148 e. The van der Waals surface area contributed by atoms with Crippen molar-refractivity contribution in [1.29, 1.82) is 0 Å². The van der Waals surface area contributed by atoms with Crippen LogP contribution in [0.4, 0.5) is 0 Å². The zero-order valence-corrected chi connectivity index (χ0v) is 4.44. The Bertz CT molecular complexity index is 28.9. The summed E-state index contributed by atoms with van der Waals surface area (Å²) < 4.78 is 9.25. The first-order valence-electron chi connectivity index (χ1n) is 2.22. The van der Waals surface area contributed by atoms with Crippen molar-refractivity contribution >= 4 is 0 Å². The molecule has 0 fully saturated rings. The zero-order valence-electron chi connectivity index (χ0n) is 4.44. The molecule has 3 nitrogen and oxygen atoms in total. The molecule has 1 radical (unpaired) electrons. The summed E-state index contributed by atoms with van der Waals surface area (Å²) in [6, 6.07) is 0. The Labute approximate surface area is 43.4 Å². The molecular formula is C4H10NO2. The lowest BCUT2D eigenvalue weighted by Gasteiger charge is -1.96. The van der Waals surface area contributed by atoms with Crippen LogP contribution in [0, 0.1) is 0 Å². The highest BCUT2D eigenvalue weighted by Gasteiger charge is 1.76. The summed E-state index contributed by atoms with van der Waals surface area (Å²) in [6.07, 6.45) is 0. The first-order valence-corrected chi connectivity index (χ1v) is 2.22. The molecule has 0 bridgehead atoms. The monoisotopic (exact) mass is 104 g/mol. The molecule has 0 saturated carbocycles. The molecule has 0 aliphatic carbocycles. The normalized spacial score (nSPS) is 9.43. The number of nitrogens with one attached hydrogen (secondary N) is 1. The Balaban J connectivity index is 2.45. The van der Waals surface area contributed by atoms with Gasteiger partial charge in [-0.1, -0.05) is 0 Å². The van der Waals surface area contributed by atoms with Crippen LogP contribution in [-0.4, -0.2) is 20.1 Å². The van der Waals surface area contributed by atoms with Gasteiger partial charge in [0.25, 0.3) is 0 Å². The Morgan fingerprint density at radius 2 is 2.14 bits per heavy atom. The van der Waals surface area contributed by atoms with Gasteiger partial charge in [-0.05, 0) is 6.92 Å². The lowest BCUT2D eigenvalue weighted by Crippen LogP contribution is -2.00. The Morgan fingerprint density at radius 1 is 1.43 bits per heavy atom. The van der Waals surface area contributed by atoms with Crippen molar-refractivity contribution in [1.82, 2.24) is 5.73 Å². The fraction of sp³-hybridized carbons (Fsp3) is 1.00. The van der Waals surface area contributed by atoms with E-state index in [-0.39, 0.29) is 13.5 Å². The summed E-state index contributed by atoms with van der Waals surface area (Å²) in [6.45, 7) is 2.77. The molecule has 43 valence electrons. The van der Waals surface area contributed by atoms with E-state index < -0.39 is 0 Å². The molecule has 0 rings (SSSR count). The summed E-state index contributed by atoms with van der Waals surface area (Å²) in [7, 11) is 0. The highest BCUT2D eigenvalue weighted by atomic mass is 16.7. The van der Waals surface area contributed by atoms with Gasteiger partial charge in [0.15, 0.2) is 0 Å². The van der Waals surface area contributed by atoms with Crippen LogP contribution in [0.5, 0.6) is 0 Å². The molecule has 0 saturated heterocycles. The lowest BCUT2D eigenvalue weighted by molar-refractivity contribution is -0.0485. The van der Waals surface area contributed by atoms with Crippen molar-refractivity contribution in [2.45, 2.75) is 6.92 Å². The van der Waals surface area contributed by atoms with Gasteiger partial charge in [0, 0.05) is 6.61 Å². The topological polar surface area (TPSA) is 42.3 Å². The van der Waals surface area contributed by atoms with E-state index in [1.165, 1.54) is 0 Å². The number of hydrogen-bond donors (Lipinski definition) is 0. The number of rotatable bonds is 4. The van der Waals surface area contributed by atoms with Crippen LogP contribution in [0.3, 0.4) is 0 Å². The molecule has 1 N–H and O–H groups in total. The molecule has 0 aliphatic rings. The van der Waals surface area contributed by atoms with Gasteiger partial charge >= 0.3 is 0 Å². The average molecular weight is 104 g/mol. The van der Waals surface area contributed by atoms with E-state index >= 15 is 0 Å². The molecule has 7 heavy (non-hydrogen) atoms. The summed E-state index contributed by atoms with van der Waals surface area (Å²) in [5, 5.41) is 0. The lowest BCUT2D eigenvalue weighted by atomic mass is 10.9. The molecular weight excluding hydrogens is 94.0 g/mol. The minimum atomic E-state index is -0.0139. The maximum absolute atomic E-state index is 6.48. The number of hydrogen-bond acceptors (Lipinski definition) is 2. The zero-order chi connectivity index (χ0) is 5.54. The van der Waals surface area contributed by atoms with E-state index in [1.54, 1.807) is 0 Å². The molecule has 0 unspecified atom stereocenters. The second-order valence-corrected chi connectivity index (χ2v) is 0.959. The largest absolute Gasteiger partial charge is 0.356 e. The third-order valence-electron chi connectivity index (χ3n) is 0.473. The quantitative estimate of drug-likeness (QED) is 0.378. The van der Waals surface area contributed by atoms with Crippen molar-refractivity contribution in [2.24, 2.45) is 0 Å². The summed E-state index contributed by atoms with van der Waals surface area (Å²) in [4.78, 5) is 0. The minimum Gasteiger partial charge on any atom is -0.356 e. The van der Waals surface area contributed by atoms with Crippen LogP contribution in [0.1, 0.15) is 6.92 Å². The molecule has 0 aromatic heterocycles. The van der Waals surface area contributed by atoms with Crippen LogP contribution in [0.2, 0.25) is 0 Å². The summed E-state index contributed by atoms with van der Waals surface area (Å²) in [5.74, 6) is 0. The third kappa shape index (κ3) is 5.88. The molecule has 0 aromatic carbocycles. The second kappa shape index (κ2) is 5.88. The SMILES string of the molecule is CCOCOC[NH]. The van der Waals surface area contributed by atoms with Crippen LogP contribution >= 0.6 is 0 Å². The second-order valence-electron chi connectivity index (χ2n) is 0.959. The van der Waals surface area contributed by atoms with E-state index in [4.69, 9.17) is 10.5 Å². The maximum Gasteiger partial charge on any atom is 0.148 e. The molecule has 0 atom stereocenters. The third-order valence-corrected chi connectivity index (χ3v) is 0.473. The van der Waals surface area contributed by atoms with Gasteiger partial charge in [-0.2, -0.15) is 0 Å². The van der Waals surface area contributed by atoms with Crippen LogP contribution in [0.25, 0.3) is 0 Å².